The van der Waals surface area contributed by atoms with Crippen molar-refractivity contribution in [3.63, 3.8) is 0 Å². The maximum absolute atomic E-state index is 9.83. The van der Waals surface area contributed by atoms with Crippen LogP contribution in [-0.4, -0.2) is 22.4 Å². The van der Waals surface area contributed by atoms with Crippen molar-refractivity contribution in [2.75, 3.05) is 6.61 Å². The molecule has 2 N–H and O–H groups in total. The summed E-state index contributed by atoms with van der Waals surface area (Å²) in [6.45, 7) is 4.15. The molecule has 1 aliphatic rings. The van der Waals surface area contributed by atoms with Crippen molar-refractivity contribution >= 4 is 0 Å². The summed E-state index contributed by atoms with van der Waals surface area (Å²) in [7, 11) is 0. The van der Waals surface area contributed by atoms with Crippen molar-refractivity contribution in [3.05, 3.63) is 0 Å². The maximum atomic E-state index is 9.83. The summed E-state index contributed by atoms with van der Waals surface area (Å²) in [6.07, 6.45) is 3.12. The van der Waals surface area contributed by atoms with Crippen LogP contribution in [0.15, 0.2) is 0 Å². The highest BCUT2D eigenvalue weighted by atomic mass is 16.3. The molecule has 1 saturated carbocycles. The lowest BCUT2D eigenvalue weighted by Crippen LogP contribution is -2.25. The van der Waals surface area contributed by atoms with E-state index in [1.54, 1.807) is 0 Å². The molecule has 1 fully saturated rings. The van der Waals surface area contributed by atoms with Gasteiger partial charge in [-0.1, -0.05) is 20.3 Å². The minimum Gasteiger partial charge on any atom is -0.396 e. The van der Waals surface area contributed by atoms with Crippen molar-refractivity contribution in [1.82, 2.24) is 0 Å². The Morgan fingerprint density at radius 3 is 2.73 bits per heavy atom. The van der Waals surface area contributed by atoms with Crippen LogP contribution in [0.25, 0.3) is 0 Å². The van der Waals surface area contributed by atoms with E-state index in [0.29, 0.717) is 5.92 Å². The number of hydrogen-bond acceptors (Lipinski definition) is 2. The van der Waals surface area contributed by atoms with Gasteiger partial charge in [0.05, 0.1) is 5.60 Å². The van der Waals surface area contributed by atoms with E-state index in [-0.39, 0.29) is 12.5 Å². The topological polar surface area (TPSA) is 40.5 Å². The Kier molecular flexibility index (Phi) is 2.55. The summed E-state index contributed by atoms with van der Waals surface area (Å²) in [4.78, 5) is 0. The summed E-state index contributed by atoms with van der Waals surface area (Å²) < 4.78 is 0. The summed E-state index contributed by atoms with van der Waals surface area (Å²) in [5.74, 6) is 0.508. The molecule has 0 bridgehead atoms. The zero-order valence-electron chi connectivity index (χ0n) is 7.38. The van der Waals surface area contributed by atoms with Crippen molar-refractivity contribution in [2.45, 2.75) is 38.7 Å². The fourth-order valence-electron chi connectivity index (χ4n) is 1.80. The molecular weight excluding hydrogens is 140 g/mol. The molecule has 0 aromatic rings. The van der Waals surface area contributed by atoms with Crippen LogP contribution in [0.4, 0.5) is 0 Å². The zero-order chi connectivity index (χ0) is 8.48. The molecule has 0 aromatic heterocycles. The van der Waals surface area contributed by atoms with Crippen molar-refractivity contribution in [1.29, 1.82) is 0 Å². The highest BCUT2D eigenvalue weighted by Gasteiger charge is 2.55. The molecule has 0 saturated heterocycles. The summed E-state index contributed by atoms with van der Waals surface area (Å²) >= 11 is 0. The van der Waals surface area contributed by atoms with Crippen LogP contribution in [0.2, 0.25) is 0 Å². The first kappa shape index (κ1) is 9.01. The van der Waals surface area contributed by atoms with Crippen LogP contribution < -0.4 is 0 Å². The quantitative estimate of drug-likeness (QED) is 0.644. The highest BCUT2D eigenvalue weighted by Crippen LogP contribution is 2.51. The molecule has 1 aliphatic carbocycles. The minimum absolute atomic E-state index is 0.0547. The second-order valence-corrected chi connectivity index (χ2v) is 3.76. The summed E-state index contributed by atoms with van der Waals surface area (Å²) in [5, 5.41) is 18.7. The number of aliphatic hydroxyl groups is 2. The summed E-state index contributed by atoms with van der Waals surface area (Å²) in [6, 6.07) is 0. The van der Waals surface area contributed by atoms with Gasteiger partial charge in [0.25, 0.3) is 0 Å². The van der Waals surface area contributed by atoms with Gasteiger partial charge in [-0.05, 0) is 18.8 Å². The zero-order valence-corrected chi connectivity index (χ0v) is 7.38. The SMILES string of the molecule is CCCC1CC1(O)C(C)CO. The normalized spacial score (nSPS) is 38.7. The molecule has 0 heterocycles. The van der Waals surface area contributed by atoms with Gasteiger partial charge in [-0.15, -0.1) is 0 Å². The van der Waals surface area contributed by atoms with E-state index in [4.69, 9.17) is 5.11 Å². The fraction of sp³-hybridized carbons (Fsp3) is 1.00. The highest BCUT2D eigenvalue weighted by molar-refractivity contribution is 5.05. The van der Waals surface area contributed by atoms with Crippen LogP contribution in [0.5, 0.6) is 0 Å². The lowest BCUT2D eigenvalue weighted by molar-refractivity contribution is 0.0403. The first-order valence-corrected chi connectivity index (χ1v) is 4.48. The number of hydrogen-bond donors (Lipinski definition) is 2. The van der Waals surface area contributed by atoms with Gasteiger partial charge in [0.1, 0.15) is 0 Å². The lowest BCUT2D eigenvalue weighted by atomic mass is 10.00. The monoisotopic (exact) mass is 158 g/mol. The smallest absolute Gasteiger partial charge is 0.0727 e. The third-order valence-electron chi connectivity index (χ3n) is 2.88. The predicted molar refractivity (Wildman–Crippen MR) is 44.2 cm³/mol. The second-order valence-electron chi connectivity index (χ2n) is 3.76. The molecule has 66 valence electrons. The van der Waals surface area contributed by atoms with E-state index in [0.717, 1.165) is 19.3 Å². The molecule has 11 heavy (non-hydrogen) atoms. The first-order chi connectivity index (χ1) is 5.15. The molecule has 1 rings (SSSR count). The van der Waals surface area contributed by atoms with Crippen LogP contribution in [-0.2, 0) is 0 Å². The van der Waals surface area contributed by atoms with E-state index in [9.17, 15) is 5.11 Å². The van der Waals surface area contributed by atoms with Gasteiger partial charge in [0.15, 0.2) is 0 Å². The van der Waals surface area contributed by atoms with Gasteiger partial charge < -0.3 is 10.2 Å². The second kappa shape index (κ2) is 3.11. The molecular formula is C9H18O2. The Morgan fingerprint density at radius 2 is 2.27 bits per heavy atom. The van der Waals surface area contributed by atoms with Gasteiger partial charge in [0.2, 0.25) is 0 Å². The molecule has 3 unspecified atom stereocenters. The Hall–Kier alpha value is -0.0800. The first-order valence-electron chi connectivity index (χ1n) is 4.48. The predicted octanol–water partition coefficient (Wildman–Crippen LogP) is 1.17. The lowest BCUT2D eigenvalue weighted by Gasteiger charge is -2.16. The third kappa shape index (κ3) is 1.57. The number of aliphatic hydroxyl groups excluding tert-OH is 1. The van der Waals surface area contributed by atoms with Crippen LogP contribution in [0.1, 0.15) is 33.1 Å². The standard InChI is InChI=1S/C9H18O2/c1-3-4-8-5-9(8,11)7(2)6-10/h7-8,10-11H,3-6H2,1-2H3. The van der Waals surface area contributed by atoms with Crippen LogP contribution in [0, 0.1) is 11.8 Å². The van der Waals surface area contributed by atoms with Crippen molar-refractivity contribution in [3.8, 4) is 0 Å². The molecule has 0 spiro atoms. The molecule has 0 radical (unpaired) electrons. The van der Waals surface area contributed by atoms with E-state index < -0.39 is 5.60 Å². The molecule has 2 heteroatoms. The molecule has 3 atom stereocenters. The van der Waals surface area contributed by atoms with Gasteiger partial charge in [-0.3, -0.25) is 0 Å². The van der Waals surface area contributed by atoms with Gasteiger partial charge in [-0.2, -0.15) is 0 Å². The average Bonchev–Trinajstić information content (AvgIpc) is 2.63. The Balaban J connectivity index is 2.35. The average molecular weight is 158 g/mol. The number of rotatable bonds is 4. The molecule has 0 aromatic carbocycles. The van der Waals surface area contributed by atoms with Gasteiger partial charge in [0, 0.05) is 12.5 Å². The Morgan fingerprint density at radius 1 is 1.64 bits per heavy atom. The van der Waals surface area contributed by atoms with Crippen LogP contribution >= 0.6 is 0 Å². The van der Waals surface area contributed by atoms with Crippen LogP contribution in [0.3, 0.4) is 0 Å². The Labute approximate surface area is 68.2 Å². The molecule has 2 nitrogen and oxygen atoms in total. The molecule has 0 amide bonds. The Bertz CT molecular complexity index is 136. The van der Waals surface area contributed by atoms with Crippen molar-refractivity contribution in [2.24, 2.45) is 11.8 Å². The maximum Gasteiger partial charge on any atom is 0.0727 e. The van der Waals surface area contributed by atoms with E-state index >= 15 is 0 Å². The third-order valence-corrected chi connectivity index (χ3v) is 2.88. The van der Waals surface area contributed by atoms with Gasteiger partial charge >= 0.3 is 0 Å². The van der Waals surface area contributed by atoms with E-state index in [1.165, 1.54) is 0 Å². The largest absolute Gasteiger partial charge is 0.396 e. The van der Waals surface area contributed by atoms with Crippen molar-refractivity contribution < 1.29 is 10.2 Å². The van der Waals surface area contributed by atoms with Gasteiger partial charge in [-0.25, -0.2) is 0 Å². The molecule has 0 aliphatic heterocycles. The summed E-state index contributed by atoms with van der Waals surface area (Å²) in [5.41, 5.74) is -0.523. The minimum atomic E-state index is -0.523. The fourth-order valence-corrected chi connectivity index (χ4v) is 1.80. The van der Waals surface area contributed by atoms with E-state index in [2.05, 4.69) is 6.92 Å². The van der Waals surface area contributed by atoms with E-state index in [1.807, 2.05) is 6.92 Å².